The van der Waals surface area contributed by atoms with Crippen molar-refractivity contribution in [2.75, 3.05) is 6.54 Å². The Bertz CT molecular complexity index is 472. The zero-order valence-electron chi connectivity index (χ0n) is 10.2. The molecule has 0 saturated carbocycles. The molecule has 1 aromatic rings. The van der Waals surface area contributed by atoms with Gasteiger partial charge in [0.1, 0.15) is 11.6 Å². The average molecular weight is 307 g/mol. The van der Waals surface area contributed by atoms with E-state index in [1.54, 1.807) is 6.08 Å². The molecule has 94 valence electrons. The van der Waals surface area contributed by atoms with Gasteiger partial charge >= 0.3 is 0 Å². The lowest BCUT2D eigenvalue weighted by Gasteiger charge is -2.02. The number of rotatable bonds is 5. The topological polar surface area (TPSA) is 52.9 Å². The molecule has 1 amide bonds. The molecular weight excluding hydrogens is 292 g/mol. The van der Waals surface area contributed by atoms with E-state index in [-0.39, 0.29) is 11.5 Å². The summed E-state index contributed by atoms with van der Waals surface area (Å²) in [5.74, 6) is -0.311. The van der Waals surface area contributed by atoms with Crippen molar-refractivity contribution in [2.45, 2.75) is 19.8 Å². The number of carbonyl (C=O) groups is 1. The number of amides is 1. The summed E-state index contributed by atoms with van der Waals surface area (Å²) in [4.78, 5) is 11.7. The lowest BCUT2D eigenvalue weighted by Crippen LogP contribution is -2.25. The summed E-state index contributed by atoms with van der Waals surface area (Å²) in [7, 11) is 0. The number of hydrogen-bond donors (Lipinski definition) is 1. The zero-order chi connectivity index (χ0) is 13.4. The number of unbranched alkanes of at least 4 members (excludes halogenated alkanes) is 1. The standard InChI is InChI=1S/C14H15BrN2O/c1-2-3-8-17-14(18)12(10-16)9-11-4-6-13(15)7-5-11/h4-7,9H,2-3,8H2,1H3,(H,17,18). The lowest BCUT2D eigenvalue weighted by molar-refractivity contribution is -0.117. The van der Waals surface area contributed by atoms with Gasteiger partial charge in [-0.05, 0) is 30.2 Å². The molecular formula is C14H15BrN2O. The van der Waals surface area contributed by atoms with Crippen LogP contribution in [0.4, 0.5) is 0 Å². The number of hydrogen-bond acceptors (Lipinski definition) is 2. The predicted molar refractivity (Wildman–Crippen MR) is 75.6 cm³/mol. The van der Waals surface area contributed by atoms with Gasteiger partial charge in [-0.3, -0.25) is 4.79 Å². The van der Waals surface area contributed by atoms with Crippen molar-refractivity contribution < 1.29 is 4.79 Å². The molecule has 0 atom stereocenters. The molecule has 1 N–H and O–H groups in total. The number of benzene rings is 1. The predicted octanol–water partition coefficient (Wildman–Crippen LogP) is 3.27. The van der Waals surface area contributed by atoms with Crippen LogP contribution in [0.3, 0.4) is 0 Å². The van der Waals surface area contributed by atoms with Gasteiger partial charge in [0, 0.05) is 11.0 Å². The number of halogens is 1. The second-order valence-electron chi connectivity index (χ2n) is 3.83. The zero-order valence-corrected chi connectivity index (χ0v) is 11.8. The van der Waals surface area contributed by atoms with Crippen LogP contribution in [-0.2, 0) is 4.79 Å². The molecule has 0 spiro atoms. The largest absolute Gasteiger partial charge is 0.351 e. The molecule has 0 heterocycles. The first-order valence-electron chi connectivity index (χ1n) is 5.83. The summed E-state index contributed by atoms with van der Waals surface area (Å²) in [6.07, 6.45) is 3.52. The summed E-state index contributed by atoms with van der Waals surface area (Å²) in [6, 6.07) is 9.37. The van der Waals surface area contributed by atoms with Gasteiger partial charge in [0.05, 0.1) is 0 Å². The van der Waals surface area contributed by atoms with E-state index in [1.165, 1.54) is 0 Å². The van der Waals surface area contributed by atoms with Crippen LogP contribution in [0.15, 0.2) is 34.3 Å². The van der Waals surface area contributed by atoms with Crippen LogP contribution in [0.5, 0.6) is 0 Å². The highest BCUT2D eigenvalue weighted by atomic mass is 79.9. The molecule has 3 nitrogen and oxygen atoms in total. The fourth-order valence-corrected chi connectivity index (χ4v) is 1.61. The third-order valence-corrected chi connectivity index (χ3v) is 2.89. The van der Waals surface area contributed by atoms with Crippen LogP contribution in [-0.4, -0.2) is 12.5 Å². The second kappa shape index (κ2) is 7.67. The summed E-state index contributed by atoms with van der Waals surface area (Å²) < 4.78 is 0.963. The Kier molecular flexibility index (Phi) is 6.16. The molecule has 4 heteroatoms. The Morgan fingerprint density at radius 1 is 1.44 bits per heavy atom. The minimum atomic E-state index is -0.311. The van der Waals surface area contributed by atoms with Gasteiger partial charge in [0.25, 0.3) is 5.91 Å². The number of carbonyl (C=O) groups excluding carboxylic acids is 1. The third-order valence-electron chi connectivity index (χ3n) is 2.36. The van der Waals surface area contributed by atoms with Crippen LogP contribution in [0.25, 0.3) is 6.08 Å². The minimum absolute atomic E-state index is 0.133. The molecule has 0 aromatic heterocycles. The number of nitriles is 1. The van der Waals surface area contributed by atoms with Crippen molar-refractivity contribution >= 4 is 27.9 Å². The highest BCUT2D eigenvalue weighted by Gasteiger charge is 2.07. The maximum absolute atomic E-state index is 11.7. The summed E-state index contributed by atoms with van der Waals surface area (Å²) >= 11 is 3.33. The summed E-state index contributed by atoms with van der Waals surface area (Å²) in [5, 5.41) is 11.7. The molecule has 0 aliphatic carbocycles. The first-order valence-corrected chi connectivity index (χ1v) is 6.62. The van der Waals surface area contributed by atoms with E-state index in [4.69, 9.17) is 5.26 Å². The highest BCUT2D eigenvalue weighted by molar-refractivity contribution is 9.10. The minimum Gasteiger partial charge on any atom is -0.351 e. The van der Waals surface area contributed by atoms with E-state index >= 15 is 0 Å². The smallest absolute Gasteiger partial charge is 0.261 e. The Hall–Kier alpha value is -1.60. The van der Waals surface area contributed by atoms with E-state index in [0.717, 1.165) is 22.9 Å². The fraction of sp³-hybridized carbons (Fsp3) is 0.286. The van der Waals surface area contributed by atoms with Crippen molar-refractivity contribution in [2.24, 2.45) is 0 Å². The molecule has 0 radical (unpaired) electrons. The Balaban J connectivity index is 2.74. The van der Waals surface area contributed by atoms with Gasteiger partial charge in [-0.2, -0.15) is 5.26 Å². The Morgan fingerprint density at radius 3 is 2.67 bits per heavy atom. The van der Waals surface area contributed by atoms with Crippen LogP contribution in [0.1, 0.15) is 25.3 Å². The van der Waals surface area contributed by atoms with Gasteiger partial charge in [0.2, 0.25) is 0 Å². The van der Waals surface area contributed by atoms with Gasteiger partial charge in [-0.15, -0.1) is 0 Å². The third kappa shape index (κ3) is 4.72. The van der Waals surface area contributed by atoms with Crippen molar-refractivity contribution in [1.82, 2.24) is 5.32 Å². The maximum Gasteiger partial charge on any atom is 0.261 e. The SMILES string of the molecule is CCCCNC(=O)C(C#N)=Cc1ccc(Br)cc1. The Labute approximate surface area is 116 Å². The van der Waals surface area contributed by atoms with Gasteiger partial charge in [-0.25, -0.2) is 0 Å². The van der Waals surface area contributed by atoms with E-state index < -0.39 is 0 Å². The molecule has 0 fully saturated rings. The molecule has 0 aliphatic rings. The molecule has 1 rings (SSSR count). The Morgan fingerprint density at radius 2 is 2.11 bits per heavy atom. The van der Waals surface area contributed by atoms with E-state index in [1.807, 2.05) is 30.3 Å². The van der Waals surface area contributed by atoms with Crippen molar-refractivity contribution in [3.63, 3.8) is 0 Å². The van der Waals surface area contributed by atoms with Crippen LogP contribution < -0.4 is 5.32 Å². The van der Waals surface area contributed by atoms with E-state index in [2.05, 4.69) is 28.2 Å². The van der Waals surface area contributed by atoms with E-state index in [0.29, 0.717) is 6.54 Å². The quantitative estimate of drug-likeness (QED) is 0.515. The fourth-order valence-electron chi connectivity index (χ4n) is 1.35. The molecule has 0 bridgehead atoms. The summed E-state index contributed by atoms with van der Waals surface area (Å²) in [6.45, 7) is 2.66. The number of nitrogens with zero attached hydrogens (tertiary/aromatic N) is 1. The average Bonchev–Trinajstić information content (AvgIpc) is 2.38. The number of nitrogens with one attached hydrogen (secondary N) is 1. The van der Waals surface area contributed by atoms with E-state index in [9.17, 15) is 4.79 Å². The maximum atomic E-state index is 11.7. The first kappa shape index (κ1) is 14.5. The monoisotopic (exact) mass is 306 g/mol. The summed E-state index contributed by atoms with van der Waals surface area (Å²) in [5.41, 5.74) is 0.966. The lowest BCUT2D eigenvalue weighted by atomic mass is 10.1. The normalized spacial score (nSPS) is 10.8. The molecule has 0 aliphatic heterocycles. The molecule has 0 saturated heterocycles. The van der Waals surface area contributed by atoms with Crippen LogP contribution in [0.2, 0.25) is 0 Å². The highest BCUT2D eigenvalue weighted by Crippen LogP contribution is 2.13. The van der Waals surface area contributed by atoms with Gasteiger partial charge < -0.3 is 5.32 Å². The van der Waals surface area contributed by atoms with Crippen molar-refractivity contribution in [1.29, 1.82) is 5.26 Å². The first-order chi connectivity index (χ1) is 8.67. The van der Waals surface area contributed by atoms with Crippen LogP contribution in [0, 0.1) is 11.3 Å². The van der Waals surface area contributed by atoms with Crippen LogP contribution >= 0.6 is 15.9 Å². The van der Waals surface area contributed by atoms with Crippen molar-refractivity contribution in [3.8, 4) is 6.07 Å². The van der Waals surface area contributed by atoms with Gasteiger partial charge in [-0.1, -0.05) is 41.4 Å². The molecule has 18 heavy (non-hydrogen) atoms. The molecule has 0 unspecified atom stereocenters. The molecule has 1 aromatic carbocycles. The second-order valence-corrected chi connectivity index (χ2v) is 4.75. The van der Waals surface area contributed by atoms with Gasteiger partial charge in [0.15, 0.2) is 0 Å². The van der Waals surface area contributed by atoms with Crippen molar-refractivity contribution in [3.05, 3.63) is 39.9 Å².